The molecular weight excluding hydrogens is 743 g/mol. The van der Waals surface area contributed by atoms with Gasteiger partial charge in [0.05, 0.1) is 22.7 Å². The van der Waals surface area contributed by atoms with Crippen LogP contribution in [0.1, 0.15) is 27.8 Å². The predicted molar refractivity (Wildman–Crippen MR) is 244 cm³/mol. The summed E-state index contributed by atoms with van der Waals surface area (Å²) in [7, 11) is 0. The third-order valence-electron chi connectivity index (χ3n) is 11.8. The molecule has 61 heavy (non-hydrogen) atoms. The Balaban J connectivity index is 1.15. The van der Waals surface area contributed by atoms with Crippen LogP contribution in [0.5, 0.6) is 0 Å². The Labute approximate surface area is 354 Å². The maximum absolute atomic E-state index is 10.2. The zero-order valence-corrected chi connectivity index (χ0v) is 32.9. The molecule has 2 heterocycles. The quantitative estimate of drug-likeness (QED) is 0.161. The lowest BCUT2D eigenvalue weighted by atomic mass is 9.67. The van der Waals surface area contributed by atoms with Gasteiger partial charge in [0.25, 0.3) is 0 Å². The van der Waals surface area contributed by atoms with Gasteiger partial charge in [-0.3, -0.25) is 4.98 Å². The Kier molecular flexibility index (Phi) is 8.69. The fourth-order valence-electron chi connectivity index (χ4n) is 9.02. The second-order valence-electron chi connectivity index (χ2n) is 15.4. The molecule has 0 saturated carbocycles. The molecule has 5 nitrogen and oxygen atoms in total. The smallest absolute Gasteiger partial charge is 0.164 e. The molecule has 10 aromatic rings. The molecule has 8 aromatic carbocycles. The maximum Gasteiger partial charge on any atom is 0.164 e. The van der Waals surface area contributed by atoms with E-state index < -0.39 is 5.41 Å². The van der Waals surface area contributed by atoms with E-state index in [0.29, 0.717) is 23.0 Å². The normalized spacial score (nSPS) is 12.4. The van der Waals surface area contributed by atoms with Crippen LogP contribution in [0, 0.1) is 11.3 Å². The summed E-state index contributed by atoms with van der Waals surface area (Å²) in [6.45, 7) is 0. The highest BCUT2D eigenvalue weighted by molar-refractivity contribution is 5.90. The van der Waals surface area contributed by atoms with Gasteiger partial charge in [-0.15, -0.1) is 0 Å². The van der Waals surface area contributed by atoms with Gasteiger partial charge in [0.1, 0.15) is 0 Å². The largest absolute Gasteiger partial charge is 0.256 e. The summed E-state index contributed by atoms with van der Waals surface area (Å²) in [4.78, 5) is 20.2. The molecule has 0 fully saturated rings. The van der Waals surface area contributed by atoms with E-state index in [1.807, 2.05) is 60.8 Å². The molecule has 5 heteroatoms. The molecule has 1 aliphatic rings. The molecule has 0 bridgehead atoms. The predicted octanol–water partition coefficient (Wildman–Crippen LogP) is 13.0. The molecule has 0 atom stereocenters. The molecule has 284 valence electrons. The van der Waals surface area contributed by atoms with Crippen LogP contribution in [0.2, 0.25) is 0 Å². The summed E-state index contributed by atoms with van der Waals surface area (Å²) in [5.41, 5.74) is 13.2. The Morgan fingerprint density at radius 3 is 1.62 bits per heavy atom. The number of aromatic nitrogens is 4. The number of nitriles is 1. The van der Waals surface area contributed by atoms with Crippen molar-refractivity contribution in [2.24, 2.45) is 0 Å². The first kappa shape index (κ1) is 35.8. The first-order chi connectivity index (χ1) is 30.2. The Morgan fingerprint density at radius 1 is 0.377 bits per heavy atom. The molecule has 0 saturated heterocycles. The van der Waals surface area contributed by atoms with Gasteiger partial charge in [0, 0.05) is 28.5 Å². The third kappa shape index (κ3) is 6.18. The van der Waals surface area contributed by atoms with Crippen LogP contribution in [-0.2, 0) is 5.41 Å². The van der Waals surface area contributed by atoms with Gasteiger partial charge < -0.3 is 0 Å². The van der Waals surface area contributed by atoms with Crippen molar-refractivity contribution in [3.63, 3.8) is 0 Å². The van der Waals surface area contributed by atoms with Gasteiger partial charge in [-0.2, -0.15) is 5.26 Å². The lowest BCUT2D eigenvalue weighted by molar-refractivity contribution is 0.768. The van der Waals surface area contributed by atoms with Crippen molar-refractivity contribution >= 4 is 10.8 Å². The van der Waals surface area contributed by atoms with Crippen LogP contribution >= 0.6 is 0 Å². The van der Waals surface area contributed by atoms with Crippen LogP contribution < -0.4 is 0 Å². The average molecular weight is 778 g/mol. The third-order valence-corrected chi connectivity index (χ3v) is 11.8. The van der Waals surface area contributed by atoms with Crippen molar-refractivity contribution in [2.75, 3.05) is 0 Å². The Morgan fingerprint density at radius 2 is 0.934 bits per heavy atom. The van der Waals surface area contributed by atoms with Crippen molar-refractivity contribution < 1.29 is 0 Å². The first-order valence-electron chi connectivity index (χ1n) is 20.3. The van der Waals surface area contributed by atoms with Crippen molar-refractivity contribution in [1.29, 1.82) is 5.26 Å². The molecule has 0 aliphatic heterocycles. The molecule has 0 spiro atoms. The van der Waals surface area contributed by atoms with E-state index in [0.717, 1.165) is 83.2 Å². The number of fused-ring (bicyclic) bond motifs is 4. The van der Waals surface area contributed by atoms with Crippen molar-refractivity contribution in [2.45, 2.75) is 5.41 Å². The van der Waals surface area contributed by atoms with E-state index >= 15 is 0 Å². The standard InChI is InChI=1S/C56H35N5/c57-36-37-23-27-48-49-28-26-41(35-51(49)56(50(48)30-37,46-18-6-2-7-19-46)47-20-8-3-9-21-47)43-32-44(52-22-12-13-29-58-52)34-45(33-43)55-60-53(39-15-4-1-5-16-39)59-54(61-55)42-25-24-38-14-10-11-17-40(38)31-42/h1-35H. The highest BCUT2D eigenvalue weighted by Crippen LogP contribution is 2.57. The van der Waals surface area contributed by atoms with Crippen LogP contribution in [0.3, 0.4) is 0 Å². The number of nitrogens with zero attached hydrogens (tertiary/aromatic N) is 5. The topological polar surface area (TPSA) is 75.3 Å². The van der Waals surface area contributed by atoms with Crippen molar-refractivity contribution in [3.8, 4) is 73.7 Å². The van der Waals surface area contributed by atoms with Gasteiger partial charge in [-0.1, -0.05) is 152 Å². The number of pyridine rings is 1. The van der Waals surface area contributed by atoms with Crippen LogP contribution in [0.15, 0.2) is 212 Å². The number of benzene rings is 8. The Bertz CT molecular complexity index is 3260. The molecule has 2 aromatic heterocycles. The Hall–Kier alpha value is -8.33. The summed E-state index contributed by atoms with van der Waals surface area (Å²) in [5, 5.41) is 12.4. The summed E-state index contributed by atoms with van der Waals surface area (Å²) in [5.74, 6) is 1.76. The van der Waals surface area contributed by atoms with Crippen molar-refractivity contribution in [3.05, 3.63) is 240 Å². The fraction of sp³-hybridized carbons (Fsp3) is 0.0179. The summed E-state index contributed by atoms with van der Waals surface area (Å²) in [6, 6.07) is 73.9. The monoisotopic (exact) mass is 777 g/mol. The number of rotatable bonds is 7. The van der Waals surface area contributed by atoms with Crippen LogP contribution in [-0.4, -0.2) is 19.9 Å². The van der Waals surface area contributed by atoms with Crippen LogP contribution in [0.4, 0.5) is 0 Å². The first-order valence-corrected chi connectivity index (χ1v) is 20.3. The zero-order valence-electron chi connectivity index (χ0n) is 32.9. The lowest BCUT2D eigenvalue weighted by Crippen LogP contribution is -2.28. The average Bonchev–Trinajstić information content (AvgIpc) is 3.64. The van der Waals surface area contributed by atoms with Gasteiger partial charge in [0.2, 0.25) is 0 Å². The SMILES string of the molecule is N#Cc1ccc2c(c1)C(c1ccccc1)(c1ccccc1)c1cc(-c3cc(-c4ccccn4)cc(-c4nc(-c5ccccc5)nc(-c5ccc6ccccc6c5)n4)c3)ccc1-2. The molecule has 11 rings (SSSR count). The summed E-state index contributed by atoms with van der Waals surface area (Å²) >= 11 is 0. The maximum atomic E-state index is 10.2. The minimum Gasteiger partial charge on any atom is -0.256 e. The van der Waals surface area contributed by atoms with E-state index in [9.17, 15) is 5.26 Å². The van der Waals surface area contributed by atoms with E-state index in [-0.39, 0.29) is 0 Å². The lowest BCUT2D eigenvalue weighted by Gasteiger charge is -2.34. The van der Waals surface area contributed by atoms with E-state index in [4.69, 9.17) is 19.9 Å². The second kappa shape index (κ2) is 14.8. The van der Waals surface area contributed by atoms with Gasteiger partial charge in [-0.05, 0) is 110 Å². The zero-order chi connectivity index (χ0) is 40.8. The summed E-state index contributed by atoms with van der Waals surface area (Å²) < 4.78 is 0. The number of hydrogen-bond acceptors (Lipinski definition) is 5. The van der Waals surface area contributed by atoms with Crippen molar-refractivity contribution in [1.82, 2.24) is 19.9 Å². The highest BCUT2D eigenvalue weighted by atomic mass is 15.0. The molecule has 0 amide bonds. The van der Waals surface area contributed by atoms with E-state index in [1.54, 1.807) is 0 Å². The molecule has 0 radical (unpaired) electrons. The summed E-state index contributed by atoms with van der Waals surface area (Å²) in [6.07, 6.45) is 1.83. The molecule has 0 N–H and O–H groups in total. The minimum absolute atomic E-state index is 0.566. The second-order valence-corrected chi connectivity index (χ2v) is 15.4. The van der Waals surface area contributed by atoms with E-state index in [2.05, 4.69) is 158 Å². The fourth-order valence-corrected chi connectivity index (χ4v) is 9.02. The molecular formula is C56H35N5. The van der Waals surface area contributed by atoms with Gasteiger partial charge >= 0.3 is 0 Å². The molecule has 0 unspecified atom stereocenters. The highest BCUT2D eigenvalue weighted by Gasteiger charge is 2.46. The van der Waals surface area contributed by atoms with E-state index in [1.165, 1.54) is 0 Å². The number of hydrogen-bond donors (Lipinski definition) is 0. The van der Waals surface area contributed by atoms with Gasteiger partial charge in [0.15, 0.2) is 17.5 Å². The molecule has 1 aliphatic carbocycles. The van der Waals surface area contributed by atoms with Crippen LogP contribution in [0.25, 0.3) is 78.4 Å². The van der Waals surface area contributed by atoms with Gasteiger partial charge in [-0.25, -0.2) is 15.0 Å². The minimum atomic E-state index is -0.676.